The highest BCUT2D eigenvalue weighted by atomic mass is 35.5. The van der Waals surface area contributed by atoms with Crippen LogP contribution in [0.25, 0.3) is 0 Å². The van der Waals surface area contributed by atoms with E-state index in [0.717, 1.165) is 35.5 Å². The third-order valence-electron chi connectivity index (χ3n) is 4.45. The second kappa shape index (κ2) is 11.0. The highest BCUT2D eigenvalue weighted by Crippen LogP contribution is 2.18. The molecule has 1 heterocycles. The van der Waals surface area contributed by atoms with Crippen LogP contribution in [0.4, 0.5) is 0 Å². The van der Waals surface area contributed by atoms with Crippen molar-refractivity contribution in [3.8, 4) is 0 Å². The number of hydrogen-bond acceptors (Lipinski definition) is 2. The van der Waals surface area contributed by atoms with Crippen LogP contribution >= 0.6 is 11.6 Å². The lowest BCUT2D eigenvalue weighted by molar-refractivity contribution is -0.132. The molecule has 26 heavy (non-hydrogen) atoms. The normalized spacial score (nSPS) is 10.9. The topological polar surface area (TPSA) is 34.5 Å². The van der Waals surface area contributed by atoms with Gasteiger partial charge in [-0.25, -0.2) is 0 Å². The Morgan fingerprint density at radius 3 is 2.73 bits per heavy atom. The summed E-state index contributed by atoms with van der Waals surface area (Å²) < 4.78 is 7.31. The minimum Gasteiger partial charge on any atom is -0.385 e. The van der Waals surface area contributed by atoms with Gasteiger partial charge in [0, 0.05) is 50.1 Å². The predicted octanol–water partition coefficient (Wildman–Crippen LogP) is 4.75. The number of hydrogen-bond donors (Lipinski definition) is 0. The molecule has 2 aromatic rings. The van der Waals surface area contributed by atoms with E-state index in [4.69, 9.17) is 16.3 Å². The summed E-state index contributed by atoms with van der Waals surface area (Å²) in [5.74, 6) is 0.216. The van der Waals surface area contributed by atoms with Crippen LogP contribution in [0.15, 0.2) is 42.6 Å². The molecule has 0 atom stereocenters. The lowest BCUT2D eigenvalue weighted by Crippen LogP contribution is -2.32. The fourth-order valence-corrected chi connectivity index (χ4v) is 3.13. The van der Waals surface area contributed by atoms with Crippen molar-refractivity contribution in [2.75, 3.05) is 20.3 Å². The van der Waals surface area contributed by atoms with Crippen LogP contribution in [0.1, 0.15) is 43.9 Å². The maximum absolute atomic E-state index is 12.6. The highest BCUT2D eigenvalue weighted by Gasteiger charge is 2.15. The van der Waals surface area contributed by atoms with Gasteiger partial charge in [-0.2, -0.15) is 0 Å². The van der Waals surface area contributed by atoms with Gasteiger partial charge in [0.2, 0.25) is 5.91 Å². The Morgan fingerprint density at radius 2 is 2.00 bits per heavy atom. The van der Waals surface area contributed by atoms with E-state index in [1.54, 1.807) is 7.11 Å². The Balaban J connectivity index is 2.08. The van der Waals surface area contributed by atoms with Gasteiger partial charge in [0.25, 0.3) is 0 Å². The van der Waals surface area contributed by atoms with E-state index in [2.05, 4.69) is 17.6 Å². The van der Waals surface area contributed by atoms with Gasteiger partial charge in [-0.1, -0.05) is 43.1 Å². The summed E-state index contributed by atoms with van der Waals surface area (Å²) in [6, 6.07) is 12.0. The van der Waals surface area contributed by atoms with Crippen LogP contribution in [0.5, 0.6) is 0 Å². The van der Waals surface area contributed by atoms with Crippen molar-refractivity contribution >= 4 is 17.5 Å². The van der Waals surface area contributed by atoms with E-state index >= 15 is 0 Å². The van der Waals surface area contributed by atoms with E-state index in [0.29, 0.717) is 32.7 Å². The fraction of sp³-hybridized carbons (Fsp3) is 0.476. The molecule has 0 unspecified atom stereocenters. The van der Waals surface area contributed by atoms with E-state index in [9.17, 15) is 4.79 Å². The summed E-state index contributed by atoms with van der Waals surface area (Å²) in [4.78, 5) is 14.6. The van der Waals surface area contributed by atoms with E-state index in [-0.39, 0.29) is 5.91 Å². The van der Waals surface area contributed by atoms with Crippen molar-refractivity contribution in [1.82, 2.24) is 9.47 Å². The number of rotatable bonds is 11. The summed E-state index contributed by atoms with van der Waals surface area (Å²) in [7, 11) is 1.69. The zero-order valence-corrected chi connectivity index (χ0v) is 16.5. The molecule has 5 heteroatoms. The fourth-order valence-electron chi connectivity index (χ4n) is 2.93. The summed E-state index contributed by atoms with van der Waals surface area (Å²) in [5.41, 5.74) is 2.20. The molecule has 0 saturated carbocycles. The molecule has 0 radical (unpaired) electrons. The molecule has 0 N–H and O–H groups in total. The van der Waals surface area contributed by atoms with Crippen LogP contribution in [-0.2, 0) is 22.6 Å². The van der Waals surface area contributed by atoms with E-state index < -0.39 is 0 Å². The molecule has 1 aromatic heterocycles. The molecule has 0 aliphatic rings. The molecule has 142 valence electrons. The number of ether oxygens (including phenoxy) is 1. The lowest BCUT2D eigenvalue weighted by Gasteiger charge is -2.24. The second-order valence-electron chi connectivity index (χ2n) is 6.48. The van der Waals surface area contributed by atoms with Gasteiger partial charge in [-0.3, -0.25) is 4.79 Å². The van der Waals surface area contributed by atoms with Crippen LogP contribution in [-0.4, -0.2) is 35.6 Å². The smallest absolute Gasteiger partial charge is 0.222 e. The minimum absolute atomic E-state index is 0.216. The van der Waals surface area contributed by atoms with Crippen LogP contribution in [0.3, 0.4) is 0 Å². The van der Waals surface area contributed by atoms with E-state index in [1.165, 1.54) is 0 Å². The van der Waals surface area contributed by atoms with Gasteiger partial charge in [-0.15, -0.1) is 0 Å². The minimum atomic E-state index is 0.216. The number of benzene rings is 1. The van der Waals surface area contributed by atoms with Gasteiger partial charge >= 0.3 is 0 Å². The second-order valence-corrected chi connectivity index (χ2v) is 6.89. The Labute approximate surface area is 161 Å². The van der Waals surface area contributed by atoms with Crippen LogP contribution in [0, 0.1) is 0 Å². The van der Waals surface area contributed by atoms with E-state index in [1.807, 2.05) is 41.4 Å². The molecule has 1 aromatic carbocycles. The molecule has 4 nitrogen and oxygen atoms in total. The van der Waals surface area contributed by atoms with Gasteiger partial charge in [0.15, 0.2) is 0 Å². The Kier molecular flexibility index (Phi) is 8.72. The molecule has 0 saturated heterocycles. The number of unbranched alkanes of at least 4 members (excludes halogenated alkanes) is 1. The zero-order chi connectivity index (χ0) is 18.8. The largest absolute Gasteiger partial charge is 0.385 e. The highest BCUT2D eigenvalue weighted by molar-refractivity contribution is 6.31. The molecule has 0 aliphatic heterocycles. The molecule has 0 bridgehead atoms. The van der Waals surface area contributed by atoms with Crippen molar-refractivity contribution in [1.29, 1.82) is 0 Å². The van der Waals surface area contributed by atoms with Crippen LogP contribution in [0.2, 0.25) is 5.02 Å². The van der Waals surface area contributed by atoms with Crippen LogP contribution < -0.4 is 0 Å². The summed E-state index contributed by atoms with van der Waals surface area (Å²) in [6.07, 6.45) is 5.46. The van der Waals surface area contributed by atoms with Crippen molar-refractivity contribution in [2.45, 2.75) is 45.7 Å². The Morgan fingerprint density at radius 1 is 1.19 bits per heavy atom. The maximum atomic E-state index is 12.6. The zero-order valence-electron chi connectivity index (χ0n) is 15.8. The predicted molar refractivity (Wildman–Crippen MR) is 106 cm³/mol. The average Bonchev–Trinajstić information content (AvgIpc) is 3.07. The summed E-state index contributed by atoms with van der Waals surface area (Å²) in [6.45, 7) is 4.81. The molecular weight excluding hydrogens is 348 g/mol. The first-order valence-electron chi connectivity index (χ1n) is 9.29. The van der Waals surface area contributed by atoms with Gasteiger partial charge in [0.05, 0.1) is 6.54 Å². The quantitative estimate of drug-likeness (QED) is 0.530. The average molecular weight is 377 g/mol. The number of nitrogens with zero attached hydrogens (tertiary/aromatic N) is 2. The first kappa shape index (κ1) is 20.5. The number of halogens is 1. The molecular formula is C21H29ClN2O2. The third-order valence-corrected chi connectivity index (χ3v) is 4.82. The number of aromatic nitrogens is 1. The number of methoxy groups -OCH3 is 1. The number of carbonyl (C=O) groups is 1. The molecule has 2 rings (SSSR count). The SMILES string of the molecule is CCCCC(=O)N(CCCOC)Cc1cccn1Cc1ccccc1Cl. The molecule has 0 aliphatic carbocycles. The Hall–Kier alpha value is -1.78. The number of carbonyl (C=O) groups excluding carboxylic acids is 1. The molecule has 0 spiro atoms. The van der Waals surface area contributed by atoms with Gasteiger partial charge in [0.1, 0.15) is 0 Å². The lowest BCUT2D eigenvalue weighted by atomic mass is 10.2. The number of amides is 1. The van der Waals surface area contributed by atoms with Crippen molar-refractivity contribution in [3.05, 3.63) is 58.9 Å². The first-order chi connectivity index (χ1) is 12.7. The summed E-state index contributed by atoms with van der Waals surface area (Å²) >= 11 is 6.30. The molecule has 1 amide bonds. The third kappa shape index (κ3) is 6.19. The monoisotopic (exact) mass is 376 g/mol. The first-order valence-corrected chi connectivity index (χ1v) is 9.67. The van der Waals surface area contributed by atoms with Gasteiger partial charge in [-0.05, 0) is 36.6 Å². The Bertz CT molecular complexity index is 684. The van der Waals surface area contributed by atoms with Crippen molar-refractivity contribution < 1.29 is 9.53 Å². The molecule has 0 fully saturated rings. The van der Waals surface area contributed by atoms with Crippen molar-refractivity contribution in [2.24, 2.45) is 0 Å². The maximum Gasteiger partial charge on any atom is 0.222 e. The van der Waals surface area contributed by atoms with Crippen molar-refractivity contribution in [3.63, 3.8) is 0 Å². The standard InChI is InChI=1S/C21H29ClN2O2/c1-3-4-12-21(25)24(14-8-15-26-2)17-19-10-7-13-23(19)16-18-9-5-6-11-20(18)22/h5-7,9-11,13H,3-4,8,12,14-17H2,1-2H3. The summed E-state index contributed by atoms with van der Waals surface area (Å²) in [5, 5.41) is 0.767. The van der Waals surface area contributed by atoms with Gasteiger partial charge < -0.3 is 14.2 Å².